The second-order valence-electron chi connectivity index (χ2n) is 6.41. The monoisotopic (exact) mass is 374 g/mol. The second-order valence-corrected chi connectivity index (χ2v) is 6.41. The van der Waals surface area contributed by atoms with Crippen molar-refractivity contribution >= 4 is 5.78 Å². The highest BCUT2D eigenvalue weighted by Crippen LogP contribution is 2.41. The Labute approximate surface area is 156 Å². The maximum Gasteiger partial charge on any atom is 0.163 e. The van der Waals surface area contributed by atoms with Gasteiger partial charge in [0.2, 0.25) is 0 Å². The molecule has 4 N–H and O–H groups in total. The van der Waals surface area contributed by atoms with Gasteiger partial charge in [-0.2, -0.15) is 0 Å². The van der Waals surface area contributed by atoms with Crippen molar-refractivity contribution in [2.24, 2.45) is 0 Å². The Morgan fingerprint density at radius 3 is 2.11 bits per heavy atom. The summed E-state index contributed by atoms with van der Waals surface area (Å²) < 4.78 is 11.2. The standard InChI is InChI=1S/C20H22O7/c1-11(23)19-13(7-18-26-16(9-21)17(10-22)27-18)20(15(25)8-14(19)24)12-5-3-2-4-6-12/h2-6,8,16-18,21-22,24-25H,7,9-10H2,1H3/t16-,17-/m1/s1. The minimum Gasteiger partial charge on any atom is -0.507 e. The van der Waals surface area contributed by atoms with Gasteiger partial charge in [0, 0.05) is 18.1 Å². The first kappa shape index (κ1) is 19.3. The van der Waals surface area contributed by atoms with E-state index >= 15 is 0 Å². The van der Waals surface area contributed by atoms with Crippen LogP contribution in [-0.2, 0) is 15.9 Å². The Balaban J connectivity index is 2.08. The van der Waals surface area contributed by atoms with Gasteiger partial charge in [0.05, 0.1) is 18.8 Å². The Hall–Kier alpha value is -2.45. The lowest BCUT2D eigenvalue weighted by Crippen LogP contribution is -2.29. The van der Waals surface area contributed by atoms with E-state index in [0.717, 1.165) is 6.07 Å². The van der Waals surface area contributed by atoms with Gasteiger partial charge in [0.15, 0.2) is 12.1 Å². The molecule has 1 aliphatic heterocycles. The molecule has 1 fully saturated rings. The van der Waals surface area contributed by atoms with Crippen molar-refractivity contribution in [1.82, 2.24) is 0 Å². The molecule has 0 amide bonds. The van der Waals surface area contributed by atoms with E-state index in [1.54, 1.807) is 24.3 Å². The van der Waals surface area contributed by atoms with Gasteiger partial charge in [-0.25, -0.2) is 0 Å². The third kappa shape index (κ3) is 3.81. The van der Waals surface area contributed by atoms with Crippen LogP contribution < -0.4 is 0 Å². The van der Waals surface area contributed by atoms with Crippen molar-refractivity contribution in [3.63, 3.8) is 0 Å². The number of Topliss-reactive ketones (excluding diaryl/α,β-unsaturated/α-hetero) is 1. The van der Waals surface area contributed by atoms with E-state index < -0.39 is 18.5 Å². The lowest BCUT2D eigenvalue weighted by molar-refractivity contribution is -0.0724. The number of phenols is 2. The van der Waals surface area contributed by atoms with Crippen LogP contribution in [0.25, 0.3) is 11.1 Å². The fraction of sp³-hybridized carbons (Fsp3) is 0.350. The molecular weight excluding hydrogens is 352 g/mol. The molecule has 0 saturated carbocycles. The molecule has 27 heavy (non-hydrogen) atoms. The van der Waals surface area contributed by atoms with E-state index in [2.05, 4.69) is 0 Å². The number of aliphatic hydroxyl groups is 2. The fourth-order valence-corrected chi connectivity index (χ4v) is 3.41. The Morgan fingerprint density at radius 2 is 1.59 bits per heavy atom. The van der Waals surface area contributed by atoms with Gasteiger partial charge < -0.3 is 29.9 Å². The minimum atomic E-state index is -0.846. The summed E-state index contributed by atoms with van der Waals surface area (Å²) in [6.45, 7) is 0.685. The zero-order chi connectivity index (χ0) is 19.6. The summed E-state index contributed by atoms with van der Waals surface area (Å²) in [7, 11) is 0. The Bertz CT molecular complexity index is 807. The summed E-state index contributed by atoms with van der Waals surface area (Å²) >= 11 is 0. The largest absolute Gasteiger partial charge is 0.507 e. The van der Waals surface area contributed by atoms with Crippen molar-refractivity contribution in [2.45, 2.75) is 31.8 Å². The predicted molar refractivity (Wildman–Crippen MR) is 96.6 cm³/mol. The van der Waals surface area contributed by atoms with Gasteiger partial charge in [-0.05, 0) is 18.1 Å². The van der Waals surface area contributed by atoms with E-state index in [-0.39, 0.29) is 42.5 Å². The van der Waals surface area contributed by atoms with Crippen molar-refractivity contribution in [3.8, 4) is 22.6 Å². The molecule has 0 bridgehead atoms. The quantitative estimate of drug-likeness (QED) is 0.568. The molecular formula is C20H22O7. The molecule has 1 heterocycles. The fourth-order valence-electron chi connectivity index (χ4n) is 3.41. The van der Waals surface area contributed by atoms with Gasteiger partial charge in [-0.3, -0.25) is 4.79 Å². The van der Waals surface area contributed by atoms with Crippen LogP contribution in [0.2, 0.25) is 0 Å². The highest BCUT2D eigenvalue weighted by molar-refractivity contribution is 6.01. The number of ether oxygens (including phenoxy) is 2. The predicted octanol–water partition coefficient (Wildman–Crippen LogP) is 1.60. The molecule has 3 rings (SSSR count). The molecule has 144 valence electrons. The number of hydrogen-bond donors (Lipinski definition) is 4. The SMILES string of the molecule is CC(=O)c1c(O)cc(O)c(-c2ccccc2)c1CC1O[C@H](CO)[C@@H](CO)O1. The van der Waals surface area contributed by atoms with Gasteiger partial charge >= 0.3 is 0 Å². The van der Waals surface area contributed by atoms with Crippen LogP contribution in [0.15, 0.2) is 36.4 Å². The number of aliphatic hydroxyl groups excluding tert-OH is 2. The van der Waals surface area contributed by atoms with Gasteiger partial charge in [-0.1, -0.05) is 30.3 Å². The first-order valence-corrected chi connectivity index (χ1v) is 8.63. The third-order valence-electron chi connectivity index (χ3n) is 4.60. The first-order chi connectivity index (χ1) is 13.0. The van der Waals surface area contributed by atoms with Crippen molar-refractivity contribution < 1.29 is 34.7 Å². The molecule has 1 aliphatic rings. The first-order valence-electron chi connectivity index (χ1n) is 8.63. The maximum atomic E-state index is 12.2. The molecule has 2 aromatic rings. The number of aromatic hydroxyl groups is 2. The van der Waals surface area contributed by atoms with E-state index in [9.17, 15) is 25.2 Å². The lowest BCUT2D eigenvalue weighted by atomic mass is 9.90. The summed E-state index contributed by atoms with van der Waals surface area (Å²) in [4.78, 5) is 12.2. The van der Waals surface area contributed by atoms with Crippen molar-refractivity contribution in [2.75, 3.05) is 13.2 Å². The number of phenolic OH excluding ortho intramolecular Hbond substituents is 2. The molecule has 7 heteroatoms. The maximum absolute atomic E-state index is 12.2. The number of ketones is 1. The molecule has 0 aliphatic carbocycles. The van der Waals surface area contributed by atoms with Crippen molar-refractivity contribution in [1.29, 1.82) is 0 Å². The van der Waals surface area contributed by atoms with E-state index in [1.165, 1.54) is 6.92 Å². The lowest BCUT2D eigenvalue weighted by Gasteiger charge is -2.19. The van der Waals surface area contributed by atoms with Gasteiger partial charge in [-0.15, -0.1) is 0 Å². The van der Waals surface area contributed by atoms with Crippen LogP contribution in [-0.4, -0.2) is 57.9 Å². The van der Waals surface area contributed by atoms with Gasteiger partial charge in [0.1, 0.15) is 23.7 Å². The zero-order valence-electron chi connectivity index (χ0n) is 14.8. The molecule has 7 nitrogen and oxygen atoms in total. The summed E-state index contributed by atoms with van der Waals surface area (Å²) in [6, 6.07) is 10.1. The highest BCUT2D eigenvalue weighted by Gasteiger charge is 2.36. The Morgan fingerprint density at radius 1 is 1.00 bits per heavy atom. The van der Waals surface area contributed by atoms with E-state index in [0.29, 0.717) is 16.7 Å². The topological polar surface area (TPSA) is 116 Å². The van der Waals surface area contributed by atoms with Crippen LogP contribution >= 0.6 is 0 Å². The number of rotatable bonds is 6. The number of carbonyl (C=O) groups excluding carboxylic acids is 1. The third-order valence-corrected chi connectivity index (χ3v) is 4.60. The summed E-state index contributed by atoms with van der Waals surface area (Å²) in [5.41, 5.74) is 1.53. The molecule has 0 radical (unpaired) electrons. The molecule has 0 unspecified atom stereocenters. The molecule has 2 atom stereocenters. The van der Waals surface area contributed by atoms with Crippen LogP contribution in [0.3, 0.4) is 0 Å². The Kier molecular flexibility index (Phi) is 5.76. The van der Waals surface area contributed by atoms with E-state index in [4.69, 9.17) is 9.47 Å². The van der Waals surface area contributed by atoms with Crippen LogP contribution in [0.4, 0.5) is 0 Å². The molecule has 1 saturated heterocycles. The average Bonchev–Trinajstić information content (AvgIpc) is 3.04. The van der Waals surface area contributed by atoms with E-state index in [1.807, 2.05) is 6.07 Å². The van der Waals surface area contributed by atoms with Crippen LogP contribution in [0.5, 0.6) is 11.5 Å². The highest BCUT2D eigenvalue weighted by atomic mass is 16.7. The average molecular weight is 374 g/mol. The van der Waals surface area contributed by atoms with Crippen molar-refractivity contribution in [3.05, 3.63) is 47.5 Å². The second kappa shape index (κ2) is 8.06. The minimum absolute atomic E-state index is 0.0497. The van der Waals surface area contributed by atoms with Crippen LogP contribution in [0.1, 0.15) is 22.8 Å². The number of benzene rings is 2. The van der Waals surface area contributed by atoms with Crippen LogP contribution in [0, 0.1) is 0 Å². The number of carbonyl (C=O) groups is 1. The number of hydrogen-bond acceptors (Lipinski definition) is 7. The zero-order valence-corrected chi connectivity index (χ0v) is 14.8. The normalized spacial score (nSPS) is 20.1. The summed E-state index contributed by atoms with van der Waals surface area (Å²) in [5.74, 6) is -0.866. The molecule has 0 aromatic heterocycles. The molecule has 0 spiro atoms. The summed E-state index contributed by atoms with van der Waals surface area (Å²) in [5, 5.41) is 39.4. The van der Waals surface area contributed by atoms with Gasteiger partial charge in [0.25, 0.3) is 0 Å². The smallest absolute Gasteiger partial charge is 0.163 e. The molecule has 2 aromatic carbocycles. The summed E-state index contributed by atoms with van der Waals surface area (Å²) in [6.07, 6.45) is -2.17.